The molecule has 0 aromatic heterocycles. The lowest BCUT2D eigenvalue weighted by Gasteiger charge is -2.12. The average Bonchev–Trinajstić information content (AvgIpc) is 2.42. The number of hydrogen-bond donors (Lipinski definition) is 3. The first-order valence-electron chi connectivity index (χ1n) is 6.51. The van der Waals surface area contributed by atoms with Crippen LogP contribution in [0.5, 0.6) is 0 Å². The van der Waals surface area contributed by atoms with E-state index in [1.165, 1.54) is 18.7 Å². The van der Waals surface area contributed by atoms with Crippen molar-refractivity contribution in [1.29, 1.82) is 0 Å². The van der Waals surface area contributed by atoms with Gasteiger partial charge in [-0.05, 0) is 50.7 Å². The Hall–Kier alpha value is -2.05. The smallest absolute Gasteiger partial charge is 0.242 e. The van der Waals surface area contributed by atoms with Crippen molar-refractivity contribution in [1.82, 2.24) is 4.72 Å². The van der Waals surface area contributed by atoms with Crippen LogP contribution in [0.25, 0.3) is 0 Å². The maximum atomic E-state index is 11.8. The van der Waals surface area contributed by atoms with Gasteiger partial charge in [0, 0.05) is 11.4 Å². The van der Waals surface area contributed by atoms with Gasteiger partial charge in [-0.3, -0.25) is 0 Å². The van der Waals surface area contributed by atoms with Crippen LogP contribution in [0.15, 0.2) is 41.3 Å². The number of nitrogens with two attached hydrogens (primary N) is 1. The van der Waals surface area contributed by atoms with Crippen molar-refractivity contribution in [2.75, 3.05) is 18.1 Å². The molecule has 0 amide bonds. The van der Waals surface area contributed by atoms with E-state index in [0.29, 0.717) is 0 Å². The third kappa shape index (κ3) is 3.34. The topological polar surface area (TPSA) is 84.2 Å². The van der Waals surface area contributed by atoms with Crippen LogP contribution in [-0.2, 0) is 10.0 Å². The van der Waals surface area contributed by atoms with Crippen molar-refractivity contribution in [2.45, 2.75) is 18.7 Å². The van der Waals surface area contributed by atoms with Gasteiger partial charge >= 0.3 is 0 Å². The molecule has 0 atom stereocenters. The minimum atomic E-state index is -3.54. The minimum absolute atomic E-state index is 0.0798. The van der Waals surface area contributed by atoms with Gasteiger partial charge in [-0.1, -0.05) is 17.7 Å². The molecule has 0 saturated heterocycles. The zero-order valence-electron chi connectivity index (χ0n) is 12.3. The average molecular weight is 305 g/mol. The summed E-state index contributed by atoms with van der Waals surface area (Å²) in [5, 5.41) is 3.24. The highest BCUT2D eigenvalue weighted by molar-refractivity contribution is 7.89. The Morgan fingerprint density at radius 1 is 1.05 bits per heavy atom. The van der Waals surface area contributed by atoms with Crippen LogP contribution in [0.1, 0.15) is 11.1 Å². The number of nitrogens with one attached hydrogen (secondary N) is 2. The first-order valence-corrected chi connectivity index (χ1v) is 7.99. The van der Waals surface area contributed by atoms with E-state index in [0.717, 1.165) is 16.9 Å². The summed E-state index contributed by atoms with van der Waals surface area (Å²) >= 11 is 0. The van der Waals surface area contributed by atoms with Gasteiger partial charge in [0.15, 0.2) is 0 Å². The van der Waals surface area contributed by atoms with E-state index in [-0.39, 0.29) is 10.6 Å². The minimum Gasteiger partial charge on any atom is -0.398 e. The Balaban J connectivity index is 2.33. The summed E-state index contributed by atoms with van der Waals surface area (Å²) in [7, 11) is -2.18. The molecule has 0 aliphatic carbocycles. The molecular weight excluding hydrogens is 286 g/mol. The van der Waals surface area contributed by atoms with E-state index in [1.54, 1.807) is 12.1 Å². The normalized spacial score (nSPS) is 11.4. The van der Waals surface area contributed by atoms with Crippen molar-refractivity contribution in [3.63, 3.8) is 0 Å². The van der Waals surface area contributed by atoms with Gasteiger partial charge in [-0.25, -0.2) is 13.1 Å². The van der Waals surface area contributed by atoms with E-state index in [1.807, 2.05) is 26.0 Å². The summed E-state index contributed by atoms with van der Waals surface area (Å²) in [6.45, 7) is 4.05. The molecule has 0 saturated carbocycles. The van der Waals surface area contributed by atoms with Crippen LogP contribution in [0, 0.1) is 13.8 Å². The Morgan fingerprint density at radius 2 is 1.76 bits per heavy atom. The van der Waals surface area contributed by atoms with Crippen LogP contribution in [0.3, 0.4) is 0 Å². The van der Waals surface area contributed by atoms with Crippen molar-refractivity contribution < 1.29 is 8.42 Å². The molecule has 112 valence electrons. The number of aryl methyl sites for hydroxylation is 2. The molecule has 2 aromatic carbocycles. The quantitative estimate of drug-likeness (QED) is 0.758. The standard InChI is InChI=1S/C15H19N3O2S/c1-10-4-6-14(11(2)8-10)18-12-5-7-15(13(16)9-12)21(19,20)17-3/h4-9,17-18H,16H2,1-3H3. The van der Waals surface area contributed by atoms with Gasteiger partial charge in [0.2, 0.25) is 10.0 Å². The lowest BCUT2D eigenvalue weighted by atomic mass is 10.1. The van der Waals surface area contributed by atoms with Crippen LogP contribution in [-0.4, -0.2) is 15.5 Å². The first kappa shape index (κ1) is 15.3. The van der Waals surface area contributed by atoms with Crippen molar-refractivity contribution in [3.05, 3.63) is 47.5 Å². The number of sulfonamides is 1. The molecule has 0 bridgehead atoms. The molecule has 6 heteroatoms. The lowest BCUT2D eigenvalue weighted by molar-refractivity contribution is 0.588. The van der Waals surface area contributed by atoms with Crippen LogP contribution >= 0.6 is 0 Å². The Morgan fingerprint density at radius 3 is 2.33 bits per heavy atom. The zero-order chi connectivity index (χ0) is 15.6. The highest BCUT2D eigenvalue weighted by Gasteiger charge is 2.15. The molecule has 4 N–H and O–H groups in total. The molecular formula is C15H19N3O2S. The van der Waals surface area contributed by atoms with Crippen molar-refractivity contribution >= 4 is 27.1 Å². The van der Waals surface area contributed by atoms with Crippen LogP contribution in [0.4, 0.5) is 17.1 Å². The molecule has 0 heterocycles. The fourth-order valence-corrected chi connectivity index (χ4v) is 2.93. The summed E-state index contributed by atoms with van der Waals surface area (Å²) in [5.41, 5.74) is 10.1. The third-order valence-corrected chi connectivity index (χ3v) is 4.72. The highest BCUT2D eigenvalue weighted by Crippen LogP contribution is 2.26. The molecule has 0 aliphatic heterocycles. The van der Waals surface area contributed by atoms with Gasteiger partial charge in [-0.2, -0.15) is 0 Å². The number of benzene rings is 2. The van der Waals surface area contributed by atoms with Gasteiger partial charge in [0.05, 0.1) is 5.69 Å². The lowest BCUT2D eigenvalue weighted by Crippen LogP contribution is -2.19. The Bertz CT molecular complexity index is 770. The van der Waals surface area contributed by atoms with E-state index in [4.69, 9.17) is 5.73 Å². The molecule has 0 radical (unpaired) electrons. The van der Waals surface area contributed by atoms with Gasteiger partial charge in [-0.15, -0.1) is 0 Å². The second-order valence-corrected chi connectivity index (χ2v) is 6.76. The van der Waals surface area contributed by atoms with Crippen LogP contribution in [0.2, 0.25) is 0 Å². The molecule has 2 rings (SSSR count). The van der Waals surface area contributed by atoms with Gasteiger partial charge in [0.1, 0.15) is 4.90 Å². The van der Waals surface area contributed by atoms with E-state index in [9.17, 15) is 8.42 Å². The predicted molar refractivity (Wildman–Crippen MR) is 86.3 cm³/mol. The molecule has 0 spiro atoms. The maximum Gasteiger partial charge on any atom is 0.242 e. The molecule has 0 fully saturated rings. The van der Waals surface area contributed by atoms with Gasteiger partial charge < -0.3 is 11.1 Å². The van der Waals surface area contributed by atoms with Gasteiger partial charge in [0.25, 0.3) is 0 Å². The second kappa shape index (κ2) is 5.75. The summed E-state index contributed by atoms with van der Waals surface area (Å²) in [6.07, 6.45) is 0. The third-order valence-electron chi connectivity index (χ3n) is 3.23. The zero-order valence-corrected chi connectivity index (χ0v) is 13.1. The fourth-order valence-electron chi connectivity index (χ4n) is 2.09. The summed E-state index contributed by atoms with van der Waals surface area (Å²) in [4.78, 5) is 0.0798. The Kier molecular flexibility index (Phi) is 4.20. The summed E-state index contributed by atoms with van der Waals surface area (Å²) in [6, 6.07) is 10.9. The van der Waals surface area contributed by atoms with E-state index >= 15 is 0 Å². The largest absolute Gasteiger partial charge is 0.398 e. The molecule has 0 unspecified atom stereocenters. The fraction of sp³-hybridized carbons (Fsp3) is 0.200. The number of nitrogen functional groups attached to an aromatic ring is 1. The SMILES string of the molecule is CNS(=O)(=O)c1ccc(Nc2ccc(C)cc2C)cc1N. The maximum absolute atomic E-state index is 11.8. The first-order chi connectivity index (χ1) is 9.83. The Labute approximate surface area is 125 Å². The monoisotopic (exact) mass is 305 g/mol. The second-order valence-electron chi connectivity index (χ2n) is 4.90. The highest BCUT2D eigenvalue weighted by atomic mass is 32.2. The van der Waals surface area contributed by atoms with Crippen molar-refractivity contribution in [3.8, 4) is 0 Å². The van der Waals surface area contributed by atoms with Crippen molar-refractivity contribution in [2.24, 2.45) is 0 Å². The molecule has 5 nitrogen and oxygen atoms in total. The molecule has 21 heavy (non-hydrogen) atoms. The summed E-state index contributed by atoms with van der Waals surface area (Å²) in [5.74, 6) is 0. The number of anilines is 3. The number of rotatable bonds is 4. The molecule has 2 aromatic rings. The summed E-state index contributed by atoms with van der Waals surface area (Å²) < 4.78 is 25.8. The van der Waals surface area contributed by atoms with Crippen LogP contribution < -0.4 is 15.8 Å². The van der Waals surface area contributed by atoms with E-state index in [2.05, 4.69) is 16.1 Å². The molecule has 0 aliphatic rings. The van der Waals surface area contributed by atoms with E-state index < -0.39 is 10.0 Å². The predicted octanol–water partition coefficient (Wildman–Crippen LogP) is 2.54. The number of hydrogen-bond acceptors (Lipinski definition) is 4.